The average Bonchev–Trinajstić information content (AvgIpc) is 2.73. The molecule has 0 aromatic carbocycles. The van der Waals surface area contributed by atoms with E-state index in [2.05, 4.69) is 0 Å². The Morgan fingerprint density at radius 1 is 1.35 bits per heavy atom. The maximum Gasteiger partial charge on any atom is 0.254 e. The quantitative estimate of drug-likeness (QED) is 0.783. The SMILES string of the molecule is COC(C)(C)C(=O)N1CC2CCCC(N)C2C1. The van der Waals surface area contributed by atoms with Gasteiger partial charge in [-0.3, -0.25) is 4.79 Å². The van der Waals surface area contributed by atoms with E-state index in [1.54, 1.807) is 7.11 Å². The van der Waals surface area contributed by atoms with E-state index in [4.69, 9.17) is 10.5 Å². The van der Waals surface area contributed by atoms with Crippen molar-refractivity contribution in [3.05, 3.63) is 0 Å². The van der Waals surface area contributed by atoms with Crippen LogP contribution in [0.1, 0.15) is 33.1 Å². The average molecular weight is 240 g/mol. The fourth-order valence-electron chi connectivity index (χ4n) is 3.15. The number of carbonyl (C=O) groups is 1. The van der Waals surface area contributed by atoms with Gasteiger partial charge in [-0.15, -0.1) is 0 Å². The van der Waals surface area contributed by atoms with Crippen LogP contribution < -0.4 is 5.73 Å². The van der Waals surface area contributed by atoms with Gasteiger partial charge in [0.25, 0.3) is 5.91 Å². The number of carbonyl (C=O) groups excluding carboxylic acids is 1. The highest BCUT2D eigenvalue weighted by Gasteiger charge is 2.43. The molecule has 3 unspecified atom stereocenters. The van der Waals surface area contributed by atoms with Crippen LogP contribution in [0.25, 0.3) is 0 Å². The molecule has 4 heteroatoms. The third-order valence-corrected chi connectivity index (χ3v) is 4.47. The van der Waals surface area contributed by atoms with Crippen molar-refractivity contribution in [3.63, 3.8) is 0 Å². The second kappa shape index (κ2) is 4.58. The van der Waals surface area contributed by atoms with Crippen LogP contribution in [-0.2, 0) is 9.53 Å². The first-order valence-corrected chi connectivity index (χ1v) is 6.56. The Morgan fingerprint density at radius 2 is 2.06 bits per heavy atom. The number of nitrogens with two attached hydrogens (primary N) is 1. The molecule has 2 N–H and O–H groups in total. The van der Waals surface area contributed by atoms with E-state index in [9.17, 15) is 4.79 Å². The van der Waals surface area contributed by atoms with E-state index < -0.39 is 5.60 Å². The topological polar surface area (TPSA) is 55.6 Å². The molecule has 1 aliphatic heterocycles. The summed E-state index contributed by atoms with van der Waals surface area (Å²) in [7, 11) is 1.59. The lowest BCUT2D eigenvalue weighted by Crippen LogP contribution is -2.46. The van der Waals surface area contributed by atoms with E-state index in [0.717, 1.165) is 19.5 Å². The molecule has 1 amide bonds. The van der Waals surface area contributed by atoms with E-state index in [0.29, 0.717) is 11.8 Å². The lowest BCUT2D eigenvalue weighted by atomic mass is 9.78. The van der Waals surface area contributed by atoms with Crippen molar-refractivity contribution >= 4 is 5.91 Å². The largest absolute Gasteiger partial charge is 0.369 e. The van der Waals surface area contributed by atoms with Crippen LogP contribution in [0, 0.1) is 11.8 Å². The Labute approximate surface area is 103 Å². The number of ether oxygens (including phenoxy) is 1. The van der Waals surface area contributed by atoms with E-state index in [-0.39, 0.29) is 11.9 Å². The monoisotopic (exact) mass is 240 g/mol. The highest BCUT2D eigenvalue weighted by atomic mass is 16.5. The van der Waals surface area contributed by atoms with Gasteiger partial charge < -0.3 is 15.4 Å². The highest BCUT2D eigenvalue weighted by molar-refractivity contribution is 5.84. The van der Waals surface area contributed by atoms with Crippen LogP contribution in [0.5, 0.6) is 0 Å². The number of nitrogens with zero attached hydrogens (tertiary/aromatic N) is 1. The first-order chi connectivity index (χ1) is 7.95. The van der Waals surface area contributed by atoms with Gasteiger partial charge in [0, 0.05) is 26.2 Å². The minimum Gasteiger partial charge on any atom is -0.369 e. The molecule has 17 heavy (non-hydrogen) atoms. The van der Waals surface area contributed by atoms with Gasteiger partial charge in [0.15, 0.2) is 0 Å². The zero-order valence-corrected chi connectivity index (χ0v) is 11.1. The molecule has 0 radical (unpaired) electrons. The predicted octanol–water partition coefficient (Wildman–Crippen LogP) is 0.997. The smallest absolute Gasteiger partial charge is 0.254 e. The summed E-state index contributed by atoms with van der Waals surface area (Å²) in [5.74, 6) is 1.21. The molecule has 98 valence electrons. The normalized spacial score (nSPS) is 33.6. The summed E-state index contributed by atoms with van der Waals surface area (Å²) < 4.78 is 5.27. The van der Waals surface area contributed by atoms with Gasteiger partial charge in [-0.25, -0.2) is 0 Å². The molecule has 2 aliphatic rings. The lowest BCUT2D eigenvalue weighted by molar-refractivity contribution is -0.150. The lowest BCUT2D eigenvalue weighted by Gasteiger charge is -2.29. The highest BCUT2D eigenvalue weighted by Crippen LogP contribution is 2.36. The van der Waals surface area contributed by atoms with Gasteiger partial charge in [-0.2, -0.15) is 0 Å². The molecule has 1 saturated heterocycles. The number of amides is 1. The zero-order valence-electron chi connectivity index (χ0n) is 11.1. The van der Waals surface area contributed by atoms with Crippen molar-refractivity contribution in [2.75, 3.05) is 20.2 Å². The summed E-state index contributed by atoms with van der Waals surface area (Å²) in [5, 5.41) is 0. The van der Waals surface area contributed by atoms with Gasteiger partial charge in [-0.1, -0.05) is 6.42 Å². The summed E-state index contributed by atoms with van der Waals surface area (Å²) in [6, 6.07) is 0.275. The minimum atomic E-state index is -0.711. The van der Waals surface area contributed by atoms with Crippen molar-refractivity contribution < 1.29 is 9.53 Å². The van der Waals surface area contributed by atoms with Crippen molar-refractivity contribution in [2.45, 2.75) is 44.8 Å². The molecular weight excluding hydrogens is 216 g/mol. The first-order valence-electron chi connectivity index (χ1n) is 6.56. The van der Waals surface area contributed by atoms with Gasteiger partial charge in [-0.05, 0) is 38.5 Å². The molecule has 1 aliphatic carbocycles. The maximum absolute atomic E-state index is 12.3. The van der Waals surface area contributed by atoms with E-state index in [1.165, 1.54) is 12.8 Å². The molecule has 0 spiro atoms. The number of likely N-dealkylation sites (tertiary alicyclic amines) is 1. The third-order valence-electron chi connectivity index (χ3n) is 4.47. The predicted molar refractivity (Wildman–Crippen MR) is 66.5 cm³/mol. The molecule has 0 aromatic heterocycles. The molecule has 4 nitrogen and oxygen atoms in total. The fraction of sp³-hybridized carbons (Fsp3) is 0.923. The van der Waals surface area contributed by atoms with Crippen LogP contribution >= 0.6 is 0 Å². The number of hydrogen-bond donors (Lipinski definition) is 1. The van der Waals surface area contributed by atoms with Gasteiger partial charge in [0.05, 0.1) is 0 Å². The van der Waals surface area contributed by atoms with Crippen LogP contribution in [0.3, 0.4) is 0 Å². The summed E-state index contributed by atoms with van der Waals surface area (Å²) >= 11 is 0. The van der Waals surface area contributed by atoms with Crippen LogP contribution in [-0.4, -0.2) is 42.6 Å². The van der Waals surface area contributed by atoms with E-state index in [1.807, 2.05) is 18.7 Å². The third kappa shape index (κ3) is 2.33. The number of methoxy groups -OCH3 is 1. The summed E-state index contributed by atoms with van der Waals surface area (Å²) in [4.78, 5) is 14.3. The van der Waals surface area contributed by atoms with Gasteiger partial charge in [0.2, 0.25) is 0 Å². The molecule has 1 saturated carbocycles. The molecule has 2 fully saturated rings. The molecular formula is C13H24N2O2. The summed E-state index contributed by atoms with van der Waals surface area (Å²) in [5.41, 5.74) is 5.44. The molecule has 2 rings (SSSR count). The minimum absolute atomic E-state index is 0.0987. The number of rotatable bonds is 2. The Morgan fingerprint density at radius 3 is 2.65 bits per heavy atom. The number of fused-ring (bicyclic) bond motifs is 1. The van der Waals surface area contributed by atoms with Crippen molar-refractivity contribution in [2.24, 2.45) is 17.6 Å². The van der Waals surface area contributed by atoms with Gasteiger partial charge >= 0.3 is 0 Å². The van der Waals surface area contributed by atoms with Crippen LogP contribution in [0.15, 0.2) is 0 Å². The molecule has 0 bridgehead atoms. The van der Waals surface area contributed by atoms with Gasteiger partial charge in [0.1, 0.15) is 5.60 Å². The van der Waals surface area contributed by atoms with Crippen LogP contribution in [0.4, 0.5) is 0 Å². The maximum atomic E-state index is 12.3. The van der Waals surface area contributed by atoms with Crippen molar-refractivity contribution in [1.29, 1.82) is 0 Å². The zero-order chi connectivity index (χ0) is 12.6. The number of hydrogen-bond acceptors (Lipinski definition) is 3. The Balaban J connectivity index is 2.04. The molecule has 0 aromatic rings. The van der Waals surface area contributed by atoms with Crippen LogP contribution in [0.2, 0.25) is 0 Å². The van der Waals surface area contributed by atoms with E-state index >= 15 is 0 Å². The second-order valence-corrected chi connectivity index (χ2v) is 5.94. The Kier molecular flexibility index (Phi) is 3.46. The fourth-order valence-corrected chi connectivity index (χ4v) is 3.15. The molecule has 1 heterocycles. The van der Waals surface area contributed by atoms with Crippen molar-refractivity contribution in [3.8, 4) is 0 Å². The first kappa shape index (κ1) is 12.8. The second-order valence-electron chi connectivity index (χ2n) is 5.94. The Bertz CT molecular complexity index is 304. The molecule has 3 atom stereocenters. The standard InChI is InChI=1S/C13H24N2O2/c1-13(2,17-3)12(16)15-7-9-5-4-6-11(14)10(9)8-15/h9-11H,4-8,14H2,1-3H3. The summed E-state index contributed by atoms with van der Waals surface area (Å²) in [6.45, 7) is 5.34. The Hall–Kier alpha value is -0.610. The summed E-state index contributed by atoms with van der Waals surface area (Å²) in [6.07, 6.45) is 3.53. The van der Waals surface area contributed by atoms with Crippen molar-refractivity contribution in [1.82, 2.24) is 4.90 Å².